The highest BCUT2D eigenvalue weighted by atomic mass is 35.5. The number of nitrogens with zero attached hydrogens (tertiary/aromatic N) is 2. The molecule has 0 aliphatic carbocycles. The normalized spacial score (nSPS) is 15.8. The molecule has 3 N–H and O–H groups in total. The molecule has 0 saturated heterocycles. The van der Waals surface area contributed by atoms with Crippen molar-refractivity contribution in [3.63, 3.8) is 0 Å². The van der Waals surface area contributed by atoms with Crippen LogP contribution in [0.4, 0.5) is 0 Å². The third-order valence-electron chi connectivity index (χ3n) is 4.81. The van der Waals surface area contributed by atoms with Crippen LogP contribution < -0.4 is 15.8 Å². The highest BCUT2D eigenvalue weighted by Gasteiger charge is 2.29. The Morgan fingerprint density at radius 2 is 2.11 bits per heavy atom. The Morgan fingerprint density at radius 1 is 1.32 bits per heavy atom. The number of carbonyl (C=O) groups is 2. The zero-order valence-corrected chi connectivity index (χ0v) is 16.3. The summed E-state index contributed by atoms with van der Waals surface area (Å²) in [5, 5.41) is 4.57. The van der Waals surface area contributed by atoms with E-state index in [-0.39, 0.29) is 22.7 Å². The molecule has 1 aliphatic heterocycles. The van der Waals surface area contributed by atoms with Gasteiger partial charge in [-0.3, -0.25) is 9.59 Å². The van der Waals surface area contributed by atoms with Crippen LogP contribution in [0.15, 0.2) is 30.5 Å². The summed E-state index contributed by atoms with van der Waals surface area (Å²) in [5.41, 5.74) is 7.19. The molecule has 144 valence electrons. The van der Waals surface area contributed by atoms with E-state index in [0.29, 0.717) is 35.1 Å². The summed E-state index contributed by atoms with van der Waals surface area (Å²) in [4.78, 5) is 28.4. The first-order chi connectivity index (χ1) is 13.4. The summed E-state index contributed by atoms with van der Waals surface area (Å²) >= 11 is 12.3. The predicted molar refractivity (Wildman–Crippen MR) is 106 cm³/mol. The van der Waals surface area contributed by atoms with Crippen LogP contribution in [0.5, 0.6) is 5.75 Å². The van der Waals surface area contributed by atoms with E-state index in [9.17, 15) is 9.59 Å². The lowest BCUT2D eigenvalue weighted by Crippen LogP contribution is -2.33. The number of rotatable bonds is 3. The smallest absolute Gasteiger partial charge is 0.268 e. The summed E-state index contributed by atoms with van der Waals surface area (Å²) in [6.45, 7) is 0.338. The van der Waals surface area contributed by atoms with Gasteiger partial charge in [-0.2, -0.15) is 0 Å². The van der Waals surface area contributed by atoms with Crippen molar-refractivity contribution in [2.45, 2.75) is 12.5 Å². The van der Waals surface area contributed by atoms with E-state index in [4.69, 9.17) is 33.7 Å². The number of primary amides is 1. The van der Waals surface area contributed by atoms with Crippen molar-refractivity contribution < 1.29 is 14.3 Å². The number of halogens is 2. The Labute approximate surface area is 170 Å². The first-order valence-electron chi connectivity index (χ1n) is 8.53. The Bertz CT molecular complexity index is 1130. The average Bonchev–Trinajstić information content (AvgIpc) is 2.98. The van der Waals surface area contributed by atoms with Crippen LogP contribution in [0.1, 0.15) is 39.0 Å². The maximum Gasteiger partial charge on any atom is 0.268 e. The van der Waals surface area contributed by atoms with E-state index < -0.39 is 5.91 Å². The number of hydrogen-bond donors (Lipinski definition) is 2. The van der Waals surface area contributed by atoms with Crippen LogP contribution in [-0.2, 0) is 7.05 Å². The fraction of sp³-hybridized carbons (Fsp3) is 0.211. The predicted octanol–water partition coefficient (Wildman–Crippen LogP) is 3.23. The fourth-order valence-electron chi connectivity index (χ4n) is 3.39. The lowest BCUT2D eigenvalue weighted by molar-refractivity contribution is 0.0914. The van der Waals surface area contributed by atoms with E-state index in [1.54, 1.807) is 10.6 Å². The lowest BCUT2D eigenvalue weighted by atomic mass is 10.0. The zero-order chi connectivity index (χ0) is 20.0. The second-order valence-electron chi connectivity index (χ2n) is 6.52. The van der Waals surface area contributed by atoms with Crippen LogP contribution in [0, 0.1) is 0 Å². The quantitative estimate of drug-likeness (QED) is 0.681. The topological polar surface area (TPSA) is 99.2 Å². The molecule has 2 aromatic heterocycles. The van der Waals surface area contributed by atoms with Crippen molar-refractivity contribution in [3.8, 4) is 5.75 Å². The molecule has 2 amide bonds. The Kier molecular flexibility index (Phi) is 4.64. The van der Waals surface area contributed by atoms with Gasteiger partial charge in [0.05, 0.1) is 12.6 Å². The number of hydrogen-bond acceptors (Lipinski definition) is 4. The molecule has 0 fully saturated rings. The van der Waals surface area contributed by atoms with Crippen LogP contribution in [0.25, 0.3) is 10.9 Å². The molecule has 3 aromatic rings. The summed E-state index contributed by atoms with van der Waals surface area (Å²) in [7, 11) is 1.81. The van der Waals surface area contributed by atoms with Gasteiger partial charge in [0.2, 0.25) is 0 Å². The van der Waals surface area contributed by atoms with Crippen molar-refractivity contribution in [1.29, 1.82) is 0 Å². The summed E-state index contributed by atoms with van der Waals surface area (Å²) in [6, 6.07) is 6.91. The molecule has 9 heteroatoms. The van der Waals surface area contributed by atoms with E-state index in [2.05, 4.69) is 10.3 Å². The zero-order valence-electron chi connectivity index (χ0n) is 14.8. The maximum atomic E-state index is 12.9. The molecule has 0 bridgehead atoms. The van der Waals surface area contributed by atoms with Crippen LogP contribution >= 0.6 is 23.2 Å². The van der Waals surface area contributed by atoms with Crippen LogP contribution in [-0.4, -0.2) is 28.0 Å². The monoisotopic (exact) mass is 418 g/mol. The molecule has 28 heavy (non-hydrogen) atoms. The molecule has 3 heterocycles. The van der Waals surface area contributed by atoms with Gasteiger partial charge in [0.15, 0.2) is 0 Å². The summed E-state index contributed by atoms with van der Waals surface area (Å²) in [5.74, 6) is -0.662. The number of carbonyl (C=O) groups excluding carboxylic acids is 2. The molecule has 1 aliphatic rings. The summed E-state index contributed by atoms with van der Waals surface area (Å²) < 4.78 is 7.39. The minimum atomic E-state index is -0.739. The number of fused-ring (bicyclic) bond motifs is 2. The van der Waals surface area contributed by atoms with Crippen LogP contribution in [0.2, 0.25) is 10.0 Å². The number of pyridine rings is 1. The highest BCUT2D eigenvalue weighted by Crippen LogP contribution is 2.38. The molecule has 7 nitrogen and oxygen atoms in total. The van der Waals surface area contributed by atoms with Crippen molar-refractivity contribution >= 4 is 45.9 Å². The van der Waals surface area contributed by atoms with Gasteiger partial charge in [-0.15, -0.1) is 0 Å². The van der Waals surface area contributed by atoms with E-state index in [1.165, 1.54) is 6.20 Å². The van der Waals surface area contributed by atoms with Crippen molar-refractivity contribution in [2.75, 3.05) is 6.61 Å². The van der Waals surface area contributed by atoms with Crippen molar-refractivity contribution in [3.05, 3.63) is 57.5 Å². The van der Waals surface area contributed by atoms with Gasteiger partial charge in [0, 0.05) is 41.2 Å². The van der Waals surface area contributed by atoms with Crippen molar-refractivity contribution in [1.82, 2.24) is 14.9 Å². The molecule has 1 aromatic carbocycles. The molecule has 1 unspecified atom stereocenters. The molecular formula is C19H16Cl2N4O3. The van der Waals surface area contributed by atoms with Gasteiger partial charge < -0.3 is 20.4 Å². The average molecular weight is 419 g/mol. The number of benzene rings is 1. The minimum Gasteiger partial charge on any atom is -0.491 e. The first-order valence-corrected chi connectivity index (χ1v) is 9.29. The highest BCUT2D eigenvalue weighted by molar-refractivity contribution is 6.35. The van der Waals surface area contributed by atoms with Gasteiger partial charge >= 0.3 is 0 Å². The standard InChI is InChI=1S/C19H16Cl2N4O3/c1-25-13-7-10(20)3-2-9(13)6-14(25)19(27)24-12-4-5-28-17-11(12)8-23-16(15(17)21)18(22)26/h2-3,6-8,12H,4-5H2,1H3,(H2,22,26)(H,24,27). The molecule has 0 saturated carbocycles. The Hall–Kier alpha value is -2.77. The van der Waals surface area contributed by atoms with Gasteiger partial charge in [0.1, 0.15) is 22.2 Å². The molecule has 0 spiro atoms. The van der Waals surface area contributed by atoms with E-state index in [0.717, 1.165) is 10.9 Å². The minimum absolute atomic E-state index is 0.0574. The number of amides is 2. The number of ether oxygens (including phenoxy) is 1. The van der Waals surface area contributed by atoms with Gasteiger partial charge in [-0.05, 0) is 18.2 Å². The molecule has 1 atom stereocenters. The maximum absolute atomic E-state index is 12.9. The molecular weight excluding hydrogens is 403 g/mol. The third kappa shape index (κ3) is 3.06. The Balaban J connectivity index is 1.66. The second-order valence-corrected chi connectivity index (χ2v) is 7.34. The molecule has 4 rings (SSSR count). The number of aromatic nitrogens is 2. The lowest BCUT2D eigenvalue weighted by Gasteiger charge is -2.27. The van der Waals surface area contributed by atoms with E-state index >= 15 is 0 Å². The largest absolute Gasteiger partial charge is 0.491 e. The van der Waals surface area contributed by atoms with Gasteiger partial charge in [0.25, 0.3) is 11.8 Å². The number of aryl methyl sites for hydroxylation is 1. The van der Waals surface area contributed by atoms with Crippen LogP contribution in [0.3, 0.4) is 0 Å². The molecule has 0 radical (unpaired) electrons. The number of nitrogens with two attached hydrogens (primary N) is 1. The van der Waals surface area contributed by atoms with Gasteiger partial charge in [-0.25, -0.2) is 4.98 Å². The van der Waals surface area contributed by atoms with E-state index in [1.807, 2.05) is 25.2 Å². The SMILES string of the molecule is Cn1c(C(=O)NC2CCOc3c2cnc(C(N)=O)c3Cl)cc2ccc(Cl)cc21. The summed E-state index contributed by atoms with van der Waals surface area (Å²) in [6.07, 6.45) is 2.01. The first kappa shape index (κ1) is 18.6. The van der Waals surface area contributed by atoms with Gasteiger partial charge in [-0.1, -0.05) is 29.3 Å². The number of nitrogens with one attached hydrogen (secondary N) is 1. The fourth-order valence-corrected chi connectivity index (χ4v) is 3.86. The third-order valence-corrected chi connectivity index (χ3v) is 5.40. The van der Waals surface area contributed by atoms with Crippen molar-refractivity contribution in [2.24, 2.45) is 12.8 Å². The Morgan fingerprint density at radius 3 is 2.86 bits per heavy atom. The second kappa shape index (κ2) is 7.00.